The van der Waals surface area contributed by atoms with Crippen molar-refractivity contribution in [2.24, 2.45) is 0 Å². The molecule has 0 bridgehead atoms. The zero-order chi connectivity index (χ0) is 13.7. The second-order valence-electron chi connectivity index (χ2n) is 3.93. The van der Waals surface area contributed by atoms with Crippen molar-refractivity contribution in [1.29, 1.82) is 5.26 Å². The van der Waals surface area contributed by atoms with E-state index < -0.39 is 0 Å². The minimum atomic E-state index is 0.374. The fourth-order valence-electron chi connectivity index (χ4n) is 1.64. The van der Waals surface area contributed by atoms with Crippen molar-refractivity contribution in [3.05, 3.63) is 47.7 Å². The summed E-state index contributed by atoms with van der Waals surface area (Å²) in [6, 6.07) is 11.3. The smallest absolute Gasteiger partial charge is 0.150 e. The van der Waals surface area contributed by atoms with E-state index in [0.717, 1.165) is 11.3 Å². The summed E-state index contributed by atoms with van der Waals surface area (Å²) < 4.78 is 5.09. The van der Waals surface area contributed by atoms with Gasteiger partial charge in [0.1, 0.15) is 11.8 Å². The quantitative estimate of drug-likeness (QED) is 0.873. The van der Waals surface area contributed by atoms with E-state index in [9.17, 15) is 0 Å². The monoisotopic (exact) mass is 254 g/mol. The molecule has 96 valence electrons. The van der Waals surface area contributed by atoms with Crippen LogP contribution in [0, 0.1) is 11.3 Å². The molecule has 1 heterocycles. The van der Waals surface area contributed by atoms with E-state index in [0.29, 0.717) is 23.6 Å². The summed E-state index contributed by atoms with van der Waals surface area (Å²) in [5.74, 6) is 1.34. The number of aromatic nitrogens is 1. The minimum Gasteiger partial charge on any atom is -0.497 e. The zero-order valence-electron chi connectivity index (χ0n) is 10.6. The van der Waals surface area contributed by atoms with Crippen LogP contribution in [0.25, 0.3) is 0 Å². The van der Waals surface area contributed by atoms with Crippen LogP contribution in [0.3, 0.4) is 0 Å². The highest BCUT2D eigenvalue weighted by Crippen LogP contribution is 2.20. The number of methoxy groups -OCH3 is 1. The number of nitrogens with two attached hydrogens (primary N) is 1. The molecule has 0 amide bonds. The molecular weight excluding hydrogens is 240 g/mol. The van der Waals surface area contributed by atoms with Gasteiger partial charge in [-0.2, -0.15) is 5.26 Å². The Hall–Kier alpha value is -2.74. The molecule has 0 aliphatic carbocycles. The van der Waals surface area contributed by atoms with Gasteiger partial charge in [0.2, 0.25) is 0 Å². The first-order valence-corrected chi connectivity index (χ1v) is 5.76. The Bertz CT molecular complexity index is 602. The number of hydrogen-bond donors (Lipinski definition) is 2. The van der Waals surface area contributed by atoms with E-state index in [1.54, 1.807) is 19.4 Å². The van der Waals surface area contributed by atoms with Crippen molar-refractivity contribution in [1.82, 2.24) is 4.98 Å². The number of benzene rings is 1. The molecule has 1 aromatic heterocycles. The van der Waals surface area contributed by atoms with Gasteiger partial charge in [0, 0.05) is 12.7 Å². The van der Waals surface area contributed by atoms with E-state index in [2.05, 4.69) is 10.3 Å². The van der Waals surface area contributed by atoms with Gasteiger partial charge < -0.3 is 15.8 Å². The zero-order valence-corrected chi connectivity index (χ0v) is 10.6. The van der Waals surface area contributed by atoms with E-state index >= 15 is 0 Å². The molecule has 0 aliphatic heterocycles. The molecule has 2 rings (SSSR count). The summed E-state index contributed by atoms with van der Waals surface area (Å²) in [6.07, 6.45) is 1.56. The lowest BCUT2D eigenvalue weighted by Gasteiger charge is -2.09. The molecule has 0 radical (unpaired) electrons. The average molecular weight is 254 g/mol. The second-order valence-corrected chi connectivity index (χ2v) is 3.93. The molecule has 1 aromatic carbocycles. The SMILES string of the molecule is COc1ccc(CNc2nccc(C#N)c2N)cc1. The highest BCUT2D eigenvalue weighted by atomic mass is 16.5. The molecular formula is C14H14N4O. The molecule has 19 heavy (non-hydrogen) atoms. The third-order valence-electron chi connectivity index (χ3n) is 2.73. The van der Waals surface area contributed by atoms with Gasteiger partial charge >= 0.3 is 0 Å². The van der Waals surface area contributed by atoms with E-state index in [1.165, 1.54) is 0 Å². The number of pyridine rings is 1. The molecule has 0 spiro atoms. The van der Waals surface area contributed by atoms with Crippen molar-refractivity contribution >= 4 is 11.5 Å². The van der Waals surface area contributed by atoms with Gasteiger partial charge in [-0.05, 0) is 23.8 Å². The summed E-state index contributed by atoms with van der Waals surface area (Å²) in [5.41, 5.74) is 7.71. The number of rotatable bonds is 4. The number of nitrogen functional groups attached to an aromatic ring is 1. The van der Waals surface area contributed by atoms with Crippen LogP contribution >= 0.6 is 0 Å². The fourth-order valence-corrected chi connectivity index (χ4v) is 1.64. The van der Waals surface area contributed by atoms with Gasteiger partial charge in [-0.25, -0.2) is 4.98 Å². The molecule has 0 atom stereocenters. The lowest BCUT2D eigenvalue weighted by molar-refractivity contribution is 0.414. The molecule has 0 unspecified atom stereocenters. The molecule has 3 N–H and O–H groups in total. The largest absolute Gasteiger partial charge is 0.497 e. The van der Waals surface area contributed by atoms with Crippen molar-refractivity contribution in [2.45, 2.75) is 6.54 Å². The maximum Gasteiger partial charge on any atom is 0.150 e. The molecule has 5 nitrogen and oxygen atoms in total. The predicted molar refractivity (Wildman–Crippen MR) is 73.7 cm³/mol. The molecule has 0 saturated carbocycles. The lowest BCUT2D eigenvalue weighted by Crippen LogP contribution is -2.05. The summed E-state index contributed by atoms with van der Waals surface area (Å²) in [7, 11) is 1.63. The van der Waals surface area contributed by atoms with Gasteiger partial charge in [-0.1, -0.05) is 12.1 Å². The van der Waals surface area contributed by atoms with Crippen LogP contribution in [-0.4, -0.2) is 12.1 Å². The summed E-state index contributed by atoms with van der Waals surface area (Å²) in [5, 5.41) is 12.0. The van der Waals surface area contributed by atoms with Gasteiger partial charge in [-0.15, -0.1) is 0 Å². The average Bonchev–Trinajstić information content (AvgIpc) is 2.47. The Morgan fingerprint density at radius 1 is 1.32 bits per heavy atom. The van der Waals surface area contributed by atoms with Crippen LogP contribution in [0.5, 0.6) is 5.75 Å². The van der Waals surface area contributed by atoms with Crippen molar-refractivity contribution < 1.29 is 4.74 Å². The van der Waals surface area contributed by atoms with Crippen LogP contribution in [0.1, 0.15) is 11.1 Å². The maximum absolute atomic E-state index is 8.89. The number of nitriles is 1. The fraction of sp³-hybridized carbons (Fsp3) is 0.143. The number of hydrogen-bond acceptors (Lipinski definition) is 5. The molecule has 0 aliphatic rings. The Labute approximate surface area is 111 Å². The van der Waals surface area contributed by atoms with Gasteiger partial charge in [0.25, 0.3) is 0 Å². The summed E-state index contributed by atoms with van der Waals surface area (Å²) >= 11 is 0. The molecule has 0 fully saturated rings. The standard InChI is InChI=1S/C14H14N4O/c1-19-12-4-2-10(3-5-12)9-18-14-13(16)11(8-15)6-7-17-14/h2-7H,9,16H2,1H3,(H,17,18). The number of nitrogens with zero attached hydrogens (tertiary/aromatic N) is 2. The molecule has 2 aromatic rings. The van der Waals surface area contributed by atoms with Gasteiger partial charge in [0.15, 0.2) is 5.82 Å². The second kappa shape index (κ2) is 5.74. The Balaban J connectivity index is 2.08. The third kappa shape index (κ3) is 2.93. The van der Waals surface area contributed by atoms with Crippen molar-refractivity contribution in [2.75, 3.05) is 18.2 Å². The molecule has 5 heteroatoms. The topological polar surface area (TPSA) is 84.0 Å². The van der Waals surface area contributed by atoms with Crippen LogP contribution in [0.4, 0.5) is 11.5 Å². The normalized spacial score (nSPS) is 9.68. The summed E-state index contributed by atoms with van der Waals surface area (Å²) in [4.78, 5) is 4.12. The van der Waals surface area contributed by atoms with Gasteiger partial charge in [-0.3, -0.25) is 0 Å². The third-order valence-corrected chi connectivity index (χ3v) is 2.73. The maximum atomic E-state index is 8.89. The van der Waals surface area contributed by atoms with Crippen LogP contribution in [0.15, 0.2) is 36.5 Å². The number of ether oxygens (including phenoxy) is 1. The minimum absolute atomic E-state index is 0.374. The van der Waals surface area contributed by atoms with E-state index in [-0.39, 0.29) is 0 Å². The number of nitrogens with one attached hydrogen (secondary N) is 1. The lowest BCUT2D eigenvalue weighted by atomic mass is 10.2. The van der Waals surface area contributed by atoms with E-state index in [1.807, 2.05) is 30.3 Å². The molecule has 0 saturated heterocycles. The van der Waals surface area contributed by atoms with E-state index in [4.69, 9.17) is 15.7 Å². The Kier molecular flexibility index (Phi) is 3.84. The Morgan fingerprint density at radius 2 is 2.05 bits per heavy atom. The van der Waals surface area contributed by atoms with Crippen LogP contribution in [0.2, 0.25) is 0 Å². The first-order valence-electron chi connectivity index (χ1n) is 5.76. The van der Waals surface area contributed by atoms with Crippen LogP contribution < -0.4 is 15.8 Å². The highest BCUT2D eigenvalue weighted by Gasteiger charge is 2.05. The van der Waals surface area contributed by atoms with Crippen molar-refractivity contribution in [3.8, 4) is 11.8 Å². The van der Waals surface area contributed by atoms with Gasteiger partial charge in [0.05, 0.1) is 18.4 Å². The highest BCUT2D eigenvalue weighted by molar-refractivity contribution is 5.68. The van der Waals surface area contributed by atoms with Crippen molar-refractivity contribution in [3.63, 3.8) is 0 Å². The summed E-state index contributed by atoms with van der Waals surface area (Å²) in [6.45, 7) is 0.579. The Morgan fingerprint density at radius 3 is 2.68 bits per heavy atom. The number of anilines is 2. The first-order chi connectivity index (χ1) is 9.24. The van der Waals surface area contributed by atoms with Crippen LogP contribution in [-0.2, 0) is 6.54 Å². The first kappa shape index (κ1) is 12.7. The predicted octanol–water partition coefficient (Wildman–Crippen LogP) is 2.16.